The molecule has 8 heteroatoms. The summed E-state index contributed by atoms with van der Waals surface area (Å²) in [6.07, 6.45) is 1.30. The lowest BCUT2D eigenvalue weighted by Gasteiger charge is -2.32. The first-order valence-corrected chi connectivity index (χ1v) is 11.4. The van der Waals surface area contributed by atoms with Gasteiger partial charge in [0.15, 0.2) is 0 Å². The van der Waals surface area contributed by atoms with Crippen molar-refractivity contribution >= 4 is 35.3 Å². The Morgan fingerprint density at radius 3 is 2.12 bits per heavy atom. The van der Waals surface area contributed by atoms with Gasteiger partial charge < -0.3 is 9.31 Å². The normalized spacial score (nSPS) is 19.1. The van der Waals surface area contributed by atoms with E-state index in [2.05, 4.69) is 5.10 Å². The summed E-state index contributed by atoms with van der Waals surface area (Å²) >= 11 is 0. The monoisotopic (exact) mass is 445 g/mol. The highest BCUT2D eigenvalue weighted by Gasteiger charge is 2.52. The van der Waals surface area contributed by atoms with E-state index in [0.29, 0.717) is 30.5 Å². The molecule has 3 heterocycles. The van der Waals surface area contributed by atoms with Crippen LogP contribution in [0.25, 0.3) is 10.9 Å². The number of hydrogen-bond acceptors (Lipinski definition) is 5. The number of amides is 2. The maximum atomic E-state index is 12.7. The second-order valence-electron chi connectivity index (χ2n) is 9.81. The number of carbonyl (C=O) groups excluding carboxylic acids is 2. The van der Waals surface area contributed by atoms with Gasteiger partial charge in [0.05, 0.1) is 27.8 Å². The van der Waals surface area contributed by atoms with Gasteiger partial charge in [-0.2, -0.15) is 5.10 Å². The lowest BCUT2D eigenvalue weighted by atomic mass is 9.76. The van der Waals surface area contributed by atoms with Gasteiger partial charge in [-0.25, -0.2) is 0 Å². The van der Waals surface area contributed by atoms with Crippen LogP contribution in [0.2, 0.25) is 0 Å². The van der Waals surface area contributed by atoms with Gasteiger partial charge >= 0.3 is 7.12 Å². The van der Waals surface area contributed by atoms with E-state index in [1.54, 1.807) is 24.3 Å². The van der Waals surface area contributed by atoms with Gasteiger partial charge in [0, 0.05) is 24.7 Å². The fraction of sp³-hybridized carbons (Fsp3) is 0.400. The molecule has 2 aliphatic rings. The molecule has 0 atom stereocenters. The van der Waals surface area contributed by atoms with Gasteiger partial charge in [-0.15, -0.1) is 0 Å². The first-order chi connectivity index (χ1) is 15.6. The number of fused-ring (bicyclic) bond motifs is 2. The third-order valence-electron chi connectivity index (χ3n) is 7.19. The zero-order valence-electron chi connectivity index (χ0n) is 19.7. The second kappa shape index (κ2) is 7.53. The van der Waals surface area contributed by atoms with Gasteiger partial charge in [0.1, 0.15) is 0 Å². The van der Waals surface area contributed by atoms with Crippen molar-refractivity contribution in [2.75, 3.05) is 6.54 Å². The number of imide groups is 1. The highest BCUT2D eigenvalue weighted by Crippen LogP contribution is 2.37. The molecule has 7 nitrogen and oxygen atoms in total. The molecule has 0 unspecified atom stereocenters. The van der Waals surface area contributed by atoms with Crippen molar-refractivity contribution in [2.45, 2.75) is 51.7 Å². The van der Waals surface area contributed by atoms with E-state index in [-0.39, 0.29) is 11.8 Å². The Hall–Kier alpha value is -2.97. The fourth-order valence-electron chi connectivity index (χ4n) is 4.64. The van der Waals surface area contributed by atoms with Gasteiger partial charge in [0.2, 0.25) is 0 Å². The highest BCUT2D eigenvalue weighted by molar-refractivity contribution is 6.65. The summed E-state index contributed by atoms with van der Waals surface area (Å²) in [5.41, 5.74) is 2.96. The van der Waals surface area contributed by atoms with E-state index in [4.69, 9.17) is 9.31 Å². The Morgan fingerprint density at radius 1 is 0.909 bits per heavy atom. The molecule has 0 bridgehead atoms. The van der Waals surface area contributed by atoms with E-state index >= 15 is 0 Å². The molecule has 0 spiro atoms. The van der Waals surface area contributed by atoms with Gasteiger partial charge in [-0.1, -0.05) is 24.3 Å². The number of nitrogens with zero attached hydrogens (tertiary/aromatic N) is 3. The maximum Gasteiger partial charge on any atom is 0.495 e. The second-order valence-corrected chi connectivity index (χ2v) is 9.81. The van der Waals surface area contributed by atoms with Crippen LogP contribution in [0.1, 0.15) is 60.5 Å². The molecular weight excluding hydrogens is 417 g/mol. The molecule has 1 aromatic heterocycles. The van der Waals surface area contributed by atoms with Crippen molar-refractivity contribution in [3.8, 4) is 0 Å². The number of aryl methyl sites for hydroxylation is 2. The number of carbonyl (C=O) groups is 2. The third-order valence-corrected chi connectivity index (χ3v) is 7.19. The summed E-state index contributed by atoms with van der Waals surface area (Å²) in [5.74, 6) is -0.438. The number of hydrogen-bond donors (Lipinski definition) is 0. The van der Waals surface area contributed by atoms with Crippen LogP contribution in [0.5, 0.6) is 0 Å². The Morgan fingerprint density at radius 2 is 1.52 bits per heavy atom. The first-order valence-electron chi connectivity index (χ1n) is 11.4. The molecule has 3 aromatic rings. The van der Waals surface area contributed by atoms with Crippen LogP contribution in [-0.4, -0.2) is 51.4 Å². The molecule has 0 aliphatic carbocycles. The molecule has 0 N–H and O–H groups in total. The maximum absolute atomic E-state index is 12.7. The summed E-state index contributed by atoms with van der Waals surface area (Å²) in [6.45, 7) is 8.52. The van der Waals surface area contributed by atoms with E-state index in [1.807, 2.05) is 57.6 Å². The fourth-order valence-corrected chi connectivity index (χ4v) is 4.64. The Balaban J connectivity index is 1.39. The predicted molar refractivity (Wildman–Crippen MR) is 127 cm³/mol. The Kier molecular flexibility index (Phi) is 4.99. The molecule has 1 saturated heterocycles. The largest absolute Gasteiger partial charge is 0.495 e. The van der Waals surface area contributed by atoms with Gasteiger partial charge in [0.25, 0.3) is 11.8 Å². The standard InChI is InChI=1S/C25H28BN3O4/c1-24(2)25(3,4)33-26(32-24)18-12-8-13-19-21(18)20(28(5)27-19)14-9-15-29-22(30)16-10-6-7-11-17(16)23(29)31/h6-8,10-13H,9,14-15H2,1-5H3. The minimum absolute atomic E-state index is 0.219. The summed E-state index contributed by atoms with van der Waals surface area (Å²) < 4.78 is 14.5. The van der Waals surface area contributed by atoms with Crippen molar-refractivity contribution < 1.29 is 18.9 Å². The zero-order valence-corrected chi connectivity index (χ0v) is 19.7. The predicted octanol–water partition coefficient (Wildman–Crippen LogP) is 3.10. The van der Waals surface area contributed by atoms with E-state index in [9.17, 15) is 9.59 Å². The van der Waals surface area contributed by atoms with E-state index in [1.165, 1.54) is 4.90 Å². The van der Waals surface area contributed by atoms with Crippen LogP contribution in [0, 0.1) is 0 Å². The molecule has 170 valence electrons. The molecule has 1 fully saturated rings. The SMILES string of the molecule is Cn1nc2cccc(B3OC(C)(C)C(C)(C)O3)c2c1CCCN1C(=O)c2ccccc2C1=O. The molecule has 2 aromatic carbocycles. The third kappa shape index (κ3) is 3.40. The van der Waals surface area contributed by atoms with Crippen LogP contribution < -0.4 is 5.46 Å². The zero-order chi connectivity index (χ0) is 23.5. The smallest absolute Gasteiger partial charge is 0.399 e. The Bertz CT molecular complexity index is 1230. The summed E-state index contributed by atoms with van der Waals surface area (Å²) in [7, 11) is 1.43. The van der Waals surface area contributed by atoms with E-state index < -0.39 is 18.3 Å². The molecule has 0 radical (unpaired) electrons. The van der Waals surface area contributed by atoms with Crippen molar-refractivity contribution in [1.82, 2.24) is 14.7 Å². The lowest BCUT2D eigenvalue weighted by Crippen LogP contribution is -2.41. The summed E-state index contributed by atoms with van der Waals surface area (Å²) in [5, 5.41) is 5.70. The lowest BCUT2D eigenvalue weighted by molar-refractivity contribution is 0.00578. The molecule has 0 saturated carbocycles. The molecule has 2 aliphatic heterocycles. The topological polar surface area (TPSA) is 73.7 Å². The van der Waals surface area contributed by atoms with Crippen LogP contribution >= 0.6 is 0 Å². The summed E-state index contributed by atoms with van der Waals surface area (Å²) in [4.78, 5) is 26.7. The number of aromatic nitrogens is 2. The van der Waals surface area contributed by atoms with Crippen molar-refractivity contribution in [1.29, 1.82) is 0 Å². The average molecular weight is 445 g/mol. The summed E-state index contributed by atoms with van der Waals surface area (Å²) in [6, 6.07) is 13.0. The van der Waals surface area contributed by atoms with Crippen molar-refractivity contribution in [2.24, 2.45) is 7.05 Å². The highest BCUT2D eigenvalue weighted by atomic mass is 16.7. The van der Waals surface area contributed by atoms with Crippen LogP contribution in [0.3, 0.4) is 0 Å². The Labute approximate surface area is 193 Å². The van der Waals surface area contributed by atoms with Crippen molar-refractivity contribution in [3.63, 3.8) is 0 Å². The van der Waals surface area contributed by atoms with Crippen LogP contribution in [0.15, 0.2) is 42.5 Å². The molecule has 5 rings (SSSR count). The van der Waals surface area contributed by atoms with Crippen LogP contribution in [-0.2, 0) is 22.8 Å². The minimum Gasteiger partial charge on any atom is -0.399 e. The molecular formula is C25H28BN3O4. The first kappa shape index (κ1) is 21.9. The van der Waals surface area contributed by atoms with Gasteiger partial charge in [-0.3, -0.25) is 19.2 Å². The van der Waals surface area contributed by atoms with Gasteiger partial charge in [-0.05, 0) is 64.2 Å². The van der Waals surface area contributed by atoms with Crippen molar-refractivity contribution in [3.05, 3.63) is 59.3 Å². The number of rotatable bonds is 5. The number of benzene rings is 2. The molecule has 33 heavy (non-hydrogen) atoms. The minimum atomic E-state index is -0.488. The quantitative estimate of drug-likeness (QED) is 0.446. The average Bonchev–Trinajstić information content (AvgIpc) is 3.30. The van der Waals surface area contributed by atoms with Crippen LogP contribution in [0.4, 0.5) is 0 Å². The van der Waals surface area contributed by atoms with E-state index in [0.717, 1.165) is 22.1 Å². The molecule has 2 amide bonds.